The molecule has 0 bridgehead atoms. The molecule has 1 N–H and O–H groups in total. The molecule has 5 heteroatoms. The predicted octanol–water partition coefficient (Wildman–Crippen LogP) is 2.77. The monoisotopic (exact) mass is 324 g/mol. The lowest BCUT2D eigenvalue weighted by Gasteiger charge is -2.42. The lowest BCUT2D eigenvalue weighted by Crippen LogP contribution is -2.48. The fourth-order valence-electron chi connectivity index (χ4n) is 3.32. The Labute approximate surface area is 141 Å². The van der Waals surface area contributed by atoms with Crippen LogP contribution in [0.5, 0.6) is 5.75 Å². The Hall–Kier alpha value is -2.53. The van der Waals surface area contributed by atoms with E-state index in [9.17, 15) is 4.79 Å². The lowest BCUT2D eigenvalue weighted by molar-refractivity contribution is -0.118. The first-order valence-corrected chi connectivity index (χ1v) is 8.15. The number of morpholine rings is 1. The largest absolute Gasteiger partial charge is 0.482 e. The van der Waals surface area contributed by atoms with Crippen molar-refractivity contribution in [2.45, 2.75) is 12.5 Å². The molecular weight excluding hydrogens is 304 g/mol. The number of nitrogens with one attached hydrogen (secondary N) is 1. The molecule has 1 amide bonds. The zero-order chi connectivity index (χ0) is 16.6. The van der Waals surface area contributed by atoms with Gasteiger partial charge in [0.2, 0.25) is 0 Å². The third-order valence-electron chi connectivity index (χ3n) is 4.62. The van der Waals surface area contributed by atoms with E-state index in [0.717, 1.165) is 30.2 Å². The number of fused-ring (bicyclic) bond motifs is 1. The van der Waals surface area contributed by atoms with Crippen molar-refractivity contribution in [2.24, 2.45) is 0 Å². The van der Waals surface area contributed by atoms with E-state index in [-0.39, 0.29) is 18.1 Å². The van der Waals surface area contributed by atoms with Gasteiger partial charge in [0.1, 0.15) is 11.4 Å². The third kappa shape index (κ3) is 2.71. The van der Waals surface area contributed by atoms with E-state index in [2.05, 4.69) is 29.3 Å². The molecule has 2 aromatic rings. The summed E-state index contributed by atoms with van der Waals surface area (Å²) in [7, 11) is 0. The SMILES string of the molecule is C[C@@]1(c2ccccc2)CN(c2ccc3c(c2)NC(=O)CO3)CCO1. The van der Waals surface area contributed by atoms with Gasteiger partial charge in [0.25, 0.3) is 5.91 Å². The Kier molecular flexibility index (Phi) is 3.65. The summed E-state index contributed by atoms with van der Waals surface area (Å²) in [6, 6.07) is 16.2. The van der Waals surface area contributed by atoms with Crippen molar-refractivity contribution in [1.29, 1.82) is 0 Å². The number of nitrogens with zero attached hydrogens (tertiary/aromatic N) is 1. The second kappa shape index (κ2) is 5.83. The van der Waals surface area contributed by atoms with Gasteiger partial charge in [-0.3, -0.25) is 4.79 Å². The van der Waals surface area contributed by atoms with Crippen molar-refractivity contribution in [3.05, 3.63) is 54.1 Å². The number of carbonyl (C=O) groups is 1. The molecule has 0 radical (unpaired) electrons. The van der Waals surface area contributed by atoms with Crippen LogP contribution in [-0.2, 0) is 15.1 Å². The second-order valence-corrected chi connectivity index (χ2v) is 6.38. The zero-order valence-corrected chi connectivity index (χ0v) is 13.6. The van der Waals surface area contributed by atoms with E-state index in [1.807, 2.05) is 36.4 Å². The number of hydrogen-bond acceptors (Lipinski definition) is 4. The van der Waals surface area contributed by atoms with Crippen molar-refractivity contribution in [3.8, 4) is 5.75 Å². The molecule has 2 aliphatic rings. The predicted molar refractivity (Wildman–Crippen MR) is 92.5 cm³/mol. The average molecular weight is 324 g/mol. The molecule has 5 nitrogen and oxygen atoms in total. The van der Waals surface area contributed by atoms with E-state index < -0.39 is 0 Å². The van der Waals surface area contributed by atoms with Gasteiger partial charge in [0.05, 0.1) is 18.8 Å². The quantitative estimate of drug-likeness (QED) is 0.923. The van der Waals surface area contributed by atoms with Gasteiger partial charge in [0, 0.05) is 12.2 Å². The minimum Gasteiger partial charge on any atom is -0.482 e. The Bertz CT molecular complexity index is 762. The van der Waals surface area contributed by atoms with Crippen LogP contribution in [-0.4, -0.2) is 32.2 Å². The maximum absolute atomic E-state index is 11.5. The summed E-state index contributed by atoms with van der Waals surface area (Å²) < 4.78 is 11.5. The smallest absolute Gasteiger partial charge is 0.262 e. The molecule has 1 saturated heterocycles. The van der Waals surface area contributed by atoms with Gasteiger partial charge in [0.15, 0.2) is 6.61 Å². The van der Waals surface area contributed by atoms with Gasteiger partial charge >= 0.3 is 0 Å². The normalized spacial score (nSPS) is 23.2. The third-order valence-corrected chi connectivity index (χ3v) is 4.62. The number of benzene rings is 2. The second-order valence-electron chi connectivity index (χ2n) is 6.38. The van der Waals surface area contributed by atoms with Crippen molar-refractivity contribution in [3.63, 3.8) is 0 Å². The molecule has 0 spiro atoms. The van der Waals surface area contributed by atoms with E-state index in [1.165, 1.54) is 5.56 Å². The molecular formula is C19H20N2O3. The molecule has 2 aromatic carbocycles. The zero-order valence-electron chi connectivity index (χ0n) is 13.6. The highest BCUT2D eigenvalue weighted by molar-refractivity contribution is 5.96. The highest BCUT2D eigenvalue weighted by Gasteiger charge is 2.34. The maximum Gasteiger partial charge on any atom is 0.262 e. The summed E-state index contributed by atoms with van der Waals surface area (Å²) in [5.74, 6) is 0.605. The summed E-state index contributed by atoms with van der Waals surface area (Å²) >= 11 is 0. The molecule has 24 heavy (non-hydrogen) atoms. The standard InChI is InChI=1S/C19H20N2O3/c1-19(14-5-3-2-4-6-14)13-21(9-10-24-19)15-7-8-17-16(11-15)20-18(22)12-23-17/h2-8,11H,9-10,12-13H2,1H3,(H,20,22)/t19-/m0/s1. The van der Waals surface area contributed by atoms with Crippen LogP contribution in [0, 0.1) is 0 Å². The summed E-state index contributed by atoms with van der Waals surface area (Å²) in [6.07, 6.45) is 0. The summed E-state index contributed by atoms with van der Waals surface area (Å²) in [5.41, 5.74) is 2.61. The summed E-state index contributed by atoms with van der Waals surface area (Å²) in [5, 5.41) is 2.87. The Morgan fingerprint density at radius 2 is 2.00 bits per heavy atom. The Morgan fingerprint density at radius 1 is 1.17 bits per heavy atom. The van der Waals surface area contributed by atoms with Crippen LogP contribution in [0.2, 0.25) is 0 Å². The Balaban J connectivity index is 1.61. The van der Waals surface area contributed by atoms with Gasteiger partial charge < -0.3 is 19.7 Å². The molecule has 4 rings (SSSR count). The molecule has 0 aromatic heterocycles. The topological polar surface area (TPSA) is 50.8 Å². The molecule has 2 aliphatic heterocycles. The lowest BCUT2D eigenvalue weighted by atomic mass is 9.93. The average Bonchev–Trinajstić information content (AvgIpc) is 2.62. The minimum absolute atomic E-state index is 0.0793. The van der Waals surface area contributed by atoms with E-state index in [4.69, 9.17) is 9.47 Å². The first kappa shape index (κ1) is 15.0. The van der Waals surface area contributed by atoms with Gasteiger partial charge in [-0.15, -0.1) is 0 Å². The fourth-order valence-corrected chi connectivity index (χ4v) is 3.32. The van der Waals surface area contributed by atoms with E-state index in [1.54, 1.807) is 0 Å². The maximum atomic E-state index is 11.5. The van der Waals surface area contributed by atoms with E-state index >= 15 is 0 Å². The summed E-state index contributed by atoms with van der Waals surface area (Å²) in [4.78, 5) is 13.8. The molecule has 1 atom stereocenters. The van der Waals surface area contributed by atoms with Crippen molar-refractivity contribution < 1.29 is 14.3 Å². The van der Waals surface area contributed by atoms with Crippen molar-refractivity contribution in [2.75, 3.05) is 36.5 Å². The number of hydrogen-bond donors (Lipinski definition) is 1. The van der Waals surface area contributed by atoms with Crippen LogP contribution in [0.4, 0.5) is 11.4 Å². The van der Waals surface area contributed by atoms with Crippen LogP contribution < -0.4 is 15.0 Å². The van der Waals surface area contributed by atoms with E-state index in [0.29, 0.717) is 6.61 Å². The van der Waals surface area contributed by atoms with Crippen LogP contribution >= 0.6 is 0 Å². The Morgan fingerprint density at radius 3 is 2.83 bits per heavy atom. The van der Waals surface area contributed by atoms with Crippen molar-refractivity contribution >= 4 is 17.3 Å². The van der Waals surface area contributed by atoms with Gasteiger partial charge in [-0.05, 0) is 30.7 Å². The highest BCUT2D eigenvalue weighted by atomic mass is 16.5. The van der Waals surface area contributed by atoms with Crippen LogP contribution in [0.25, 0.3) is 0 Å². The van der Waals surface area contributed by atoms with Gasteiger partial charge in [-0.1, -0.05) is 30.3 Å². The summed E-state index contributed by atoms with van der Waals surface area (Å²) in [6.45, 7) is 4.43. The molecule has 1 fully saturated rings. The highest BCUT2D eigenvalue weighted by Crippen LogP contribution is 2.35. The minimum atomic E-state index is -0.352. The first-order chi connectivity index (χ1) is 11.6. The molecule has 0 unspecified atom stereocenters. The molecule has 2 heterocycles. The number of carbonyl (C=O) groups excluding carboxylic acids is 1. The van der Waals surface area contributed by atoms with Crippen LogP contribution in [0.15, 0.2) is 48.5 Å². The fraction of sp³-hybridized carbons (Fsp3) is 0.316. The number of ether oxygens (including phenoxy) is 2. The number of amides is 1. The van der Waals surface area contributed by atoms with Gasteiger partial charge in [-0.25, -0.2) is 0 Å². The van der Waals surface area contributed by atoms with Crippen LogP contribution in [0.1, 0.15) is 12.5 Å². The number of rotatable bonds is 2. The molecule has 0 aliphatic carbocycles. The van der Waals surface area contributed by atoms with Crippen LogP contribution in [0.3, 0.4) is 0 Å². The first-order valence-electron chi connectivity index (χ1n) is 8.15. The molecule has 124 valence electrons. The van der Waals surface area contributed by atoms with Gasteiger partial charge in [-0.2, -0.15) is 0 Å². The van der Waals surface area contributed by atoms with Crippen molar-refractivity contribution in [1.82, 2.24) is 0 Å². The number of anilines is 2. The molecule has 0 saturated carbocycles.